The van der Waals surface area contributed by atoms with Crippen LogP contribution in [0.1, 0.15) is 33.6 Å². The summed E-state index contributed by atoms with van der Waals surface area (Å²) in [5.74, 6) is -0.949. The third-order valence-electron chi connectivity index (χ3n) is 4.47. The largest absolute Gasteiger partial charge is 0.477 e. The summed E-state index contributed by atoms with van der Waals surface area (Å²) in [7, 11) is 0. The summed E-state index contributed by atoms with van der Waals surface area (Å²) in [6, 6.07) is 15.8. The maximum absolute atomic E-state index is 11.6. The molecule has 0 saturated heterocycles. The van der Waals surface area contributed by atoms with E-state index in [1.807, 2.05) is 36.4 Å². The highest BCUT2D eigenvalue weighted by Crippen LogP contribution is 2.33. The summed E-state index contributed by atoms with van der Waals surface area (Å²) < 4.78 is 0. The van der Waals surface area contributed by atoms with Gasteiger partial charge in [-0.1, -0.05) is 47.7 Å². The minimum absolute atomic E-state index is 0.256. The van der Waals surface area contributed by atoms with Crippen molar-refractivity contribution in [2.75, 3.05) is 5.32 Å². The highest BCUT2D eigenvalue weighted by atomic mass is 32.1. The van der Waals surface area contributed by atoms with Gasteiger partial charge in [0.15, 0.2) is 5.13 Å². The van der Waals surface area contributed by atoms with Crippen molar-refractivity contribution in [3.05, 3.63) is 64.5 Å². The highest BCUT2D eigenvalue weighted by molar-refractivity contribution is 7.18. The number of anilines is 2. The number of hydrogen-bond acceptors (Lipinski definition) is 4. The molecule has 1 aromatic heterocycles. The molecule has 0 bridgehead atoms. The van der Waals surface area contributed by atoms with Crippen LogP contribution >= 0.6 is 11.3 Å². The summed E-state index contributed by atoms with van der Waals surface area (Å²) in [4.78, 5) is 16.4. The molecule has 5 heteroatoms. The number of carboxylic acid groups (broad SMARTS) is 1. The van der Waals surface area contributed by atoms with Gasteiger partial charge in [-0.2, -0.15) is 0 Å². The number of nitrogens with zero attached hydrogens (tertiary/aromatic N) is 1. The maximum Gasteiger partial charge on any atom is 0.348 e. The molecule has 2 N–H and O–H groups in total. The van der Waals surface area contributed by atoms with Crippen LogP contribution in [0.5, 0.6) is 0 Å². The van der Waals surface area contributed by atoms with Crippen molar-refractivity contribution >= 4 is 28.1 Å². The average Bonchev–Trinajstić information content (AvgIpc) is 3.06. The first kappa shape index (κ1) is 15.8. The zero-order valence-electron chi connectivity index (χ0n) is 13.7. The SMILES string of the molecule is O=C(O)c1sc(Nc2ccc3c(c2)CCCC3)nc1-c1ccccc1. The number of nitrogens with one attached hydrogen (secondary N) is 1. The van der Waals surface area contributed by atoms with Gasteiger partial charge >= 0.3 is 5.97 Å². The van der Waals surface area contributed by atoms with E-state index in [0.29, 0.717) is 10.8 Å². The molecule has 2 aromatic carbocycles. The molecule has 25 heavy (non-hydrogen) atoms. The molecule has 0 atom stereocenters. The second kappa shape index (κ2) is 6.69. The first-order valence-corrected chi connectivity index (χ1v) is 9.21. The van der Waals surface area contributed by atoms with Gasteiger partial charge in [-0.05, 0) is 48.9 Å². The Hall–Kier alpha value is -2.66. The summed E-state index contributed by atoms with van der Waals surface area (Å²) in [6.07, 6.45) is 4.75. The van der Waals surface area contributed by atoms with Gasteiger partial charge in [-0.3, -0.25) is 0 Å². The van der Waals surface area contributed by atoms with E-state index in [4.69, 9.17) is 0 Å². The average molecular weight is 350 g/mol. The van der Waals surface area contributed by atoms with E-state index in [1.165, 1.54) is 35.3 Å². The normalized spacial score (nSPS) is 13.3. The molecule has 1 aliphatic rings. The van der Waals surface area contributed by atoms with E-state index in [2.05, 4.69) is 22.4 Å². The Kier molecular flexibility index (Phi) is 4.24. The monoisotopic (exact) mass is 350 g/mol. The van der Waals surface area contributed by atoms with Crippen LogP contribution in [-0.4, -0.2) is 16.1 Å². The second-order valence-corrected chi connectivity index (χ2v) is 7.18. The van der Waals surface area contributed by atoms with Crippen molar-refractivity contribution in [1.82, 2.24) is 4.98 Å². The van der Waals surface area contributed by atoms with E-state index >= 15 is 0 Å². The van der Waals surface area contributed by atoms with Crippen LogP contribution in [0.15, 0.2) is 48.5 Å². The maximum atomic E-state index is 11.6. The van der Waals surface area contributed by atoms with Gasteiger partial charge in [0.25, 0.3) is 0 Å². The predicted octanol–water partition coefficient (Wildman–Crippen LogP) is 5.13. The lowest BCUT2D eigenvalue weighted by Gasteiger charge is -2.16. The Morgan fingerprint density at radius 2 is 1.80 bits per heavy atom. The molecule has 3 aromatic rings. The van der Waals surface area contributed by atoms with Crippen molar-refractivity contribution in [2.24, 2.45) is 0 Å². The van der Waals surface area contributed by atoms with Crippen LogP contribution in [0.2, 0.25) is 0 Å². The Balaban J connectivity index is 1.66. The molecule has 4 rings (SSSR count). The second-order valence-electron chi connectivity index (χ2n) is 6.18. The molecule has 0 aliphatic heterocycles. The number of hydrogen-bond donors (Lipinski definition) is 2. The van der Waals surface area contributed by atoms with Crippen molar-refractivity contribution < 1.29 is 9.90 Å². The molecular formula is C20H18N2O2S. The van der Waals surface area contributed by atoms with Crippen molar-refractivity contribution in [1.29, 1.82) is 0 Å². The van der Waals surface area contributed by atoms with Gasteiger partial charge in [-0.15, -0.1) is 0 Å². The molecule has 126 valence electrons. The topological polar surface area (TPSA) is 62.2 Å². The quantitative estimate of drug-likeness (QED) is 0.685. The molecule has 1 aliphatic carbocycles. The molecule has 0 radical (unpaired) electrons. The number of aryl methyl sites for hydroxylation is 2. The van der Waals surface area contributed by atoms with Gasteiger partial charge < -0.3 is 10.4 Å². The number of rotatable bonds is 4. The predicted molar refractivity (Wildman–Crippen MR) is 101 cm³/mol. The first-order chi connectivity index (χ1) is 12.2. The fourth-order valence-corrected chi connectivity index (χ4v) is 4.09. The lowest BCUT2D eigenvalue weighted by atomic mass is 9.91. The summed E-state index contributed by atoms with van der Waals surface area (Å²) >= 11 is 1.17. The van der Waals surface area contributed by atoms with Gasteiger partial charge in [0.1, 0.15) is 4.88 Å². The van der Waals surface area contributed by atoms with Gasteiger partial charge in [0, 0.05) is 11.3 Å². The number of aromatic carboxylic acids is 1. The number of carbonyl (C=O) groups is 1. The molecule has 0 saturated carbocycles. The van der Waals surface area contributed by atoms with Gasteiger partial charge in [0.2, 0.25) is 0 Å². The fraction of sp³-hybridized carbons (Fsp3) is 0.200. The Morgan fingerprint density at radius 1 is 1.04 bits per heavy atom. The molecule has 0 amide bonds. The lowest BCUT2D eigenvalue weighted by molar-refractivity contribution is 0.0702. The Labute approximate surface area is 150 Å². The van der Waals surface area contributed by atoms with Crippen LogP contribution in [0.25, 0.3) is 11.3 Å². The van der Waals surface area contributed by atoms with Crippen molar-refractivity contribution in [2.45, 2.75) is 25.7 Å². The summed E-state index contributed by atoms with van der Waals surface area (Å²) in [5, 5.41) is 13.4. The van der Waals surface area contributed by atoms with Gasteiger partial charge in [0.05, 0.1) is 5.69 Å². The Bertz CT molecular complexity index is 919. The van der Waals surface area contributed by atoms with Crippen LogP contribution in [-0.2, 0) is 12.8 Å². The van der Waals surface area contributed by atoms with Crippen molar-refractivity contribution in [3.8, 4) is 11.3 Å². The lowest BCUT2D eigenvalue weighted by Crippen LogP contribution is -2.03. The fourth-order valence-electron chi connectivity index (χ4n) is 3.24. The molecule has 0 fully saturated rings. The molecule has 0 unspecified atom stereocenters. The first-order valence-electron chi connectivity index (χ1n) is 8.39. The highest BCUT2D eigenvalue weighted by Gasteiger charge is 2.19. The summed E-state index contributed by atoms with van der Waals surface area (Å²) in [5.41, 5.74) is 5.10. The zero-order valence-corrected chi connectivity index (χ0v) is 14.5. The molecule has 4 nitrogen and oxygen atoms in total. The molecular weight excluding hydrogens is 332 g/mol. The number of aromatic nitrogens is 1. The minimum Gasteiger partial charge on any atom is -0.477 e. The Morgan fingerprint density at radius 3 is 2.56 bits per heavy atom. The number of carboxylic acids is 1. The van der Waals surface area contributed by atoms with Crippen LogP contribution < -0.4 is 5.32 Å². The van der Waals surface area contributed by atoms with E-state index in [-0.39, 0.29) is 4.88 Å². The molecule has 1 heterocycles. The number of benzene rings is 2. The number of thiazole rings is 1. The number of fused-ring (bicyclic) bond motifs is 1. The van der Waals surface area contributed by atoms with Crippen LogP contribution in [0, 0.1) is 0 Å². The standard InChI is InChI=1S/C20H18N2O2S/c23-19(24)18-17(14-7-2-1-3-8-14)22-20(25-18)21-16-11-10-13-6-4-5-9-15(13)12-16/h1-3,7-8,10-12H,4-6,9H2,(H,21,22)(H,23,24). The molecule has 0 spiro atoms. The van der Waals surface area contributed by atoms with Crippen LogP contribution in [0.4, 0.5) is 10.8 Å². The van der Waals surface area contributed by atoms with E-state index in [1.54, 1.807) is 0 Å². The summed E-state index contributed by atoms with van der Waals surface area (Å²) in [6.45, 7) is 0. The minimum atomic E-state index is -0.949. The van der Waals surface area contributed by atoms with Crippen molar-refractivity contribution in [3.63, 3.8) is 0 Å². The van der Waals surface area contributed by atoms with E-state index < -0.39 is 5.97 Å². The third-order valence-corrected chi connectivity index (χ3v) is 5.43. The zero-order chi connectivity index (χ0) is 17.2. The smallest absolute Gasteiger partial charge is 0.348 e. The van der Waals surface area contributed by atoms with E-state index in [9.17, 15) is 9.90 Å². The van der Waals surface area contributed by atoms with E-state index in [0.717, 1.165) is 24.1 Å². The van der Waals surface area contributed by atoms with Gasteiger partial charge in [-0.25, -0.2) is 9.78 Å². The third kappa shape index (κ3) is 3.28. The van der Waals surface area contributed by atoms with Crippen LogP contribution in [0.3, 0.4) is 0 Å².